The Morgan fingerprint density at radius 2 is 1.73 bits per heavy atom. The molecule has 0 atom stereocenters. The van der Waals surface area contributed by atoms with Crippen LogP contribution < -0.4 is 15.0 Å². The Bertz CT molecular complexity index is 1090. The number of nitrogens with zero attached hydrogens (tertiary/aromatic N) is 5. The average Bonchev–Trinajstić information content (AvgIpc) is 2.87. The average molecular weight is 449 g/mol. The van der Waals surface area contributed by atoms with E-state index in [1.54, 1.807) is 17.3 Å². The van der Waals surface area contributed by atoms with Crippen LogP contribution in [0.3, 0.4) is 0 Å². The van der Waals surface area contributed by atoms with Crippen molar-refractivity contribution in [1.29, 1.82) is 0 Å². The number of benzene rings is 1. The molecule has 0 saturated carbocycles. The zero-order valence-corrected chi connectivity index (χ0v) is 17.9. The molecule has 170 valence electrons. The minimum absolute atomic E-state index is 0.119. The normalized spacial score (nSPS) is 13.5. The van der Waals surface area contributed by atoms with Crippen LogP contribution in [0.1, 0.15) is 15.9 Å². The van der Waals surface area contributed by atoms with Crippen molar-refractivity contribution in [2.24, 2.45) is 0 Å². The number of anilines is 1. The van der Waals surface area contributed by atoms with Crippen molar-refractivity contribution in [1.82, 2.24) is 25.2 Å². The molecule has 4 rings (SSSR count). The second-order valence-corrected chi connectivity index (χ2v) is 7.41. The van der Waals surface area contributed by atoms with E-state index in [1.165, 1.54) is 12.3 Å². The molecule has 0 unspecified atom stereocenters. The van der Waals surface area contributed by atoms with Crippen LogP contribution in [0.4, 0.5) is 10.3 Å². The number of amides is 2. The number of piperazine rings is 1. The van der Waals surface area contributed by atoms with Gasteiger partial charge in [0.1, 0.15) is 6.61 Å². The summed E-state index contributed by atoms with van der Waals surface area (Å²) in [6.07, 6.45) is 4.48. The molecule has 0 bridgehead atoms. The zero-order chi connectivity index (χ0) is 23.0. The molecule has 9 nitrogen and oxygen atoms in total. The Kier molecular flexibility index (Phi) is 7.03. The molecule has 0 radical (unpaired) electrons. The summed E-state index contributed by atoms with van der Waals surface area (Å²) < 4.78 is 18.8. The first-order chi connectivity index (χ1) is 16.1. The minimum atomic E-state index is -0.747. The van der Waals surface area contributed by atoms with Crippen molar-refractivity contribution in [2.75, 3.05) is 37.6 Å². The highest BCUT2D eigenvalue weighted by Crippen LogP contribution is 2.15. The van der Waals surface area contributed by atoms with Crippen LogP contribution in [0, 0.1) is 5.95 Å². The molecule has 1 saturated heterocycles. The van der Waals surface area contributed by atoms with Gasteiger partial charge < -0.3 is 19.9 Å². The lowest BCUT2D eigenvalue weighted by atomic mass is 10.2. The Morgan fingerprint density at radius 1 is 1.00 bits per heavy atom. The minimum Gasteiger partial charge on any atom is -0.486 e. The van der Waals surface area contributed by atoms with E-state index in [4.69, 9.17) is 4.74 Å². The summed E-state index contributed by atoms with van der Waals surface area (Å²) in [5.41, 5.74) is 1.18. The summed E-state index contributed by atoms with van der Waals surface area (Å²) in [5, 5.41) is 2.52. The van der Waals surface area contributed by atoms with Gasteiger partial charge in [0.2, 0.25) is 17.8 Å². The SMILES string of the molecule is O=C(NCC(=O)N1CCN(c2ncc(OCc3ccccc3)cn2)CC1)c1ccnc([18F])c1. The first-order valence-corrected chi connectivity index (χ1v) is 10.5. The van der Waals surface area contributed by atoms with Gasteiger partial charge in [-0.15, -0.1) is 0 Å². The smallest absolute Gasteiger partial charge is 0.251 e. The molecule has 0 spiro atoms. The lowest BCUT2D eigenvalue weighted by Gasteiger charge is -2.34. The van der Waals surface area contributed by atoms with Crippen molar-refractivity contribution in [3.05, 3.63) is 78.1 Å². The first kappa shape index (κ1) is 22.1. The summed E-state index contributed by atoms with van der Waals surface area (Å²) in [4.78, 5) is 40.3. The van der Waals surface area contributed by atoms with Gasteiger partial charge in [0.15, 0.2) is 5.75 Å². The van der Waals surface area contributed by atoms with Gasteiger partial charge in [0.25, 0.3) is 5.91 Å². The van der Waals surface area contributed by atoms with Crippen molar-refractivity contribution in [2.45, 2.75) is 6.61 Å². The van der Waals surface area contributed by atoms with Crippen molar-refractivity contribution in [3.63, 3.8) is 0 Å². The lowest BCUT2D eigenvalue weighted by Crippen LogP contribution is -2.51. The molecule has 3 heterocycles. The Balaban J connectivity index is 1.22. The third-order valence-electron chi connectivity index (χ3n) is 5.17. The fraction of sp³-hybridized carbons (Fsp3) is 0.261. The molecule has 1 aliphatic heterocycles. The summed E-state index contributed by atoms with van der Waals surface area (Å²) in [6.45, 7) is 2.38. The van der Waals surface area contributed by atoms with Crippen molar-refractivity contribution >= 4 is 17.8 Å². The van der Waals surface area contributed by atoms with Gasteiger partial charge in [0, 0.05) is 44.0 Å². The van der Waals surface area contributed by atoms with Crippen LogP contribution in [0.2, 0.25) is 0 Å². The van der Waals surface area contributed by atoms with Gasteiger partial charge in [-0.05, 0) is 11.6 Å². The van der Waals surface area contributed by atoms with E-state index in [-0.39, 0.29) is 18.0 Å². The van der Waals surface area contributed by atoms with Gasteiger partial charge in [-0.1, -0.05) is 30.3 Å². The molecular formula is C23H23FN6O3. The van der Waals surface area contributed by atoms with E-state index in [2.05, 4.69) is 20.3 Å². The van der Waals surface area contributed by atoms with Crippen LogP contribution in [-0.4, -0.2) is 64.4 Å². The number of nitrogens with one attached hydrogen (secondary N) is 1. The number of halogens is 1. The van der Waals surface area contributed by atoms with E-state index >= 15 is 0 Å². The molecule has 33 heavy (non-hydrogen) atoms. The third kappa shape index (κ3) is 6.00. The second kappa shape index (κ2) is 10.5. The maximum atomic E-state index is 13.1. The number of aromatic nitrogens is 3. The van der Waals surface area contributed by atoms with Crippen LogP contribution in [0.25, 0.3) is 0 Å². The predicted molar refractivity (Wildman–Crippen MR) is 118 cm³/mol. The molecule has 1 N–H and O–H groups in total. The van der Waals surface area contributed by atoms with Gasteiger partial charge in [-0.3, -0.25) is 9.59 Å². The Morgan fingerprint density at radius 3 is 2.42 bits per heavy atom. The predicted octanol–water partition coefficient (Wildman–Crippen LogP) is 1.67. The Labute approximate surface area is 190 Å². The molecule has 0 aliphatic carbocycles. The van der Waals surface area contributed by atoms with Crippen LogP contribution in [0.15, 0.2) is 61.1 Å². The lowest BCUT2D eigenvalue weighted by molar-refractivity contribution is -0.130. The van der Waals surface area contributed by atoms with Gasteiger partial charge in [-0.2, -0.15) is 4.39 Å². The summed E-state index contributed by atoms with van der Waals surface area (Å²) in [6, 6.07) is 12.3. The van der Waals surface area contributed by atoms with Crippen LogP contribution in [-0.2, 0) is 11.4 Å². The van der Waals surface area contributed by atoms with Gasteiger partial charge in [-0.25, -0.2) is 15.0 Å². The zero-order valence-electron chi connectivity index (χ0n) is 17.9. The fourth-order valence-electron chi connectivity index (χ4n) is 3.36. The number of rotatable bonds is 7. The number of ether oxygens (including phenoxy) is 1. The highest BCUT2D eigenvalue weighted by atomic mass is 18.2. The summed E-state index contributed by atoms with van der Waals surface area (Å²) in [5.74, 6) is -0.319. The molecule has 1 aromatic carbocycles. The number of pyridine rings is 1. The number of hydrogen-bond acceptors (Lipinski definition) is 7. The number of hydrogen-bond donors (Lipinski definition) is 1. The first-order valence-electron chi connectivity index (χ1n) is 10.5. The largest absolute Gasteiger partial charge is 0.486 e. The number of carbonyl (C=O) groups is 2. The molecule has 10 heteroatoms. The molecule has 2 amide bonds. The maximum Gasteiger partial charge on any atom is 0.251 e. The highest BCUT2D eigenvalue weighted by molar-refractivity contribution is 5.96. The summed E-state index contributed by atoms with van der Waals surface area (Å²) >= 11 is 0. The molecule has 1 aliphatic rings. The molecule has 2 aromatic heterocycles. The van der Waals surface area contributed by atoms with Crippen LogP contribution in [0.5, 0.6) is 5.75 Å². The highest BCUT2D eigenvalue weighted by Gasteiger charge is 2.23. The summed E-state index contributed by atoms with van der Waals surface area (Å²) in [7, 11) is 0. The third-order valence-corrected chi connectivity index (χ3v) is 5.17. The van der Waals surface area contributed by atoms with Crippen LogP contribution >= 0.6 is 0 Å². The molecular weight excluding hydrogens is 426 g/mol. The van der Waals surface area contributed by atoms with E-state index in [0.29, 0.717) is 44.5 Å². The van der Waals surface area contributed by atoms with E-state index in [0.717, 1.165) is 11.6 Å². The second-order valence-electron chi connectivity index (χ2n) is 7.41. The monoisotopic (exact) mass is 449 g/mol. The van der Waals surface area contributed by atoms with Crippen molar-refractivity contribution < 1.29 is 18.7 Å². The van der Waals surface area contributed by atoms with E-state index in [9.17, 15) is 14.0 Å². The van der Waals surface area contributed by atoms with E-state index < -0.39 is 11.9 Å². The van der Waals surface area contributed by atoms with Gasteiger partial charge in [0.05, 0.1) is 18.9 Å². The fourth-order valence-corrected chi connectivity index (χ4v) is 3.36. The Hall–Kier alpha value is -4.08. The van der Waals surface area contributed by atoms with Gasteiger partial charge >= 0.3 is 0 Å². The standard InChI is InChI=1S/C23H23FN6O3/c24-20-12-18(6-7-25-20)22(32)26-15-21(31)29-8-10-30(11-9-29)23-27-13-19(14-28-23)33-16-17-4-2-1-3-5-17/h1-7,12-14H,8-11,15-16H2,(H,26,32)/i24-1. The quantitative estimate of drug-likeness (QED) is 0.548. The maximum absolute atomic E-state index is 13.1. The molecule has 1 fully saturated rings. The van der Waals surface area contributed by atoms with E-state index in [1.807, 2.05) is 35.2 Å². The number of carbonyl (C=O) groups excluding carboxylic acids is 2. The molecule has 3 aromatic rings. The topological polar surface area (TPSA) is 101 Å². The van der Waals surface area contributed by atoms with Crippen molar-refractivity contribution in [3.8, 4) is 5.75 Å².